The van der Waals surface area contributed by atoms with Gasteiger partial charge in [0.05, 0.1) is 11.9 Å². The van der Waals surface area contributed by atoms with E-state index in [1.165, 1.54) is 24.4 Å². The Hall–Kier alpha value is -2.09. The van der Waals surface area contributed by atoms with Crippen LogP contribution in [0.25, 0.3) is 0 Å². The number of aromatic nitrogens is 2. The zero-order valence-electron chi connectivity index (χ0n) is 8.51. The number of benzene rings is 1. The van der Waals surface area contributed by atoms with Crippen molar-refractivity contribution < 1.29 is 12.8 Å². The van der Waals surface area contributed by atoms with Crippen molar-refractivity contribution in [1.82, 2.24) is 10.2 Å². The number of hydrogen-bond donors (Lipinski definition) is 3. The minimum Gasteiger partial charge on any atom is -0.399 e. The normalized spacial score (nSPS) is 11.4. The van der Waals surface area contributed by atoms with Crippen molar-refractivity contribution in [2.45, 2.75) is 5.03 Å². The molecule has 0 saturated heterocycles. The van der Waals surface area contributed by atoms with Gasteiger partial charge in [0.1, 0.15) is 5.82 Å². The minimum absolute atomic E-state index is 0.153. The topological polar surface area (TPSA) is 101 Å². The SMILES string of the molecule is Nc1ccc(F)c(NS(=O)(=O)c2ccn[nH]2)c1. The number of nitrogens with two attached hydrogens (primary N) is 1. The molecule has 1 aromatic carbocycles. The van der Waals surface area contributed by atoms with Gasteiger partial charge in [0.2, 0.25) is 0 Å². The Balaban J connectivity index is 2.36. The summed E-state index contributed by atoms with van der Waals surface area (Å²) in [5, 5.41) is 5.63. The summed E-state index contributed by atoms with van der Waals surface area (Å²) >= 11 is 0. The number of hydrogen-bond acceptors (Lipinski definition) is 4. The Labute approximate surface area is 96.7 Å². The molecule has 17 heavy (non-hydrogen) atoms. The molecule has 0 saturated carbocycles. The zero-order chi connectivity index (χ0) is 12.5. The van der Waals surface area contributed by atoms with Gasteiger partial charge in [0, 0.05) is 5.69 Å². The number of anilines is 2. The molecule has 0 aliphatic rings. The molecular formula is C9H9FN4O2S. The second kappa shape index (κ2) is 4.06. The van der Waals surface area contributed by atoms with E-state index in [4.69, 9.17) is 5.73 Å². The number of rotatable bonds is 3. The highest BCUT2D eigenvalue weighted by molar-refractivity contribution is 7.92. The van der Waals surface area contributed by atoms with Gasteiger partial charge in [-0.05, 0) is 24.3 Å². The summed E-state index contributed by atoms with van der Waals surface area (Å²) in [5.41, 5.74) is 5.49. The average Bonchev–Trinajstić information content (AvgIpc) is 2.77. The summed E-state index contributed by atoms with van der Waals surface area (Å²) < 4.78 is 38.9. The molecule has 4 N–H and O–H groups in total. The lowest BCUT2D eigenvalue weighted by Gasteiger charge is -2.07. The third-order valence-corrected chi connectivity index (χ3v) is 3.29. The molecule has 0 amide bonds. The first kappa shape index (κ1) is 11.4. The van der Waals surface area contributed by atoms with Crippen LogP contribution >= 0.6 is 0 Å². The summed E-state index contributed by atoms with van der Waals surface area (Å²) in [6, 6.07) is 4.87. The van der Waals surface area contributed by atoms with Crippen LogP contribution in [-0.4, -0.2) is 18.6 Å². The second-order valence-corrected chi connectivity index (χ2v) is 4.92. The van der Waals surface area contributed by atoms with Gasteiger partial charge in [-0.2, -0.15) is 13.5 Å². The van der Waals surface area contributed by atoms with Crippen LogP contribution in [0.3, 0.4) is 0 Å². The summed E-state index contributed by atoms with van der Waals surface area (Å²) in [4.78, 5) is 0. The number of nitrogen functional groups attached to an aromatic ring is 1. The molecule has 1 heterocycles. The number of halogens is 1. The molecule has 0 aliphatic carbocycles. The van der Waals surface area contributed by atoms with Crippen LogP contribution in [0.1, 0.15) is 0 Å². The summed E-state index contributed by atoms with van der Waals surface area (Å²) in [5.74, 6) is -0.706. The van der Waals surface area contributed by atoms with E-state index < -0.39 is 15.8 Å². The molecule has 1 aromatic heterocycles. The maximum absolute atomic E-state index is 13.3. The highest BCUT2D eigenvalue weighted by Crippen LogP contribution is 2.20. The molecule has 0 atom stereocenters. The third kappa shape index (κ3) is 2.36. The lowest BCUT2D eigenvalue weighted by atomic mass is 10.3. The van der Waals surface area contributed by atoms with Crippen LogP contribution in [0.15, 0.2) is 35.5 Å². The molecule has 0 unspecified atom stereocenters. The van der Waals surface area contributed by atoms with E-state index in [1.807, 2.05) is 0 Å². The Morgan fingerprint density at radius 2 is 2.12 bits per heavy atom. The quantitative estimate of drug-likeness (QED) is 0.711. The van der Waals surface area contributed by atoms with Gasteiger partial charge >= 0.3 is 0 Å². The van der Waals surface area contributed by atoms with Gasteiger partial charge in [0.25, 0.3) is 10.0 Å². The Kier molecular flexibility index (Phi) is 2.72. The van der Waals surface area contributed by atoms with E-state index in [0.717, 1.165) is 6.07 Å². The van der Waals surface area contributed by atoms with Crippen LogP contribution in [0.4, 0.5) is 15.8 Å². The number of sulfonamides is 1. The van der Waals surface area contributed by atoms with Crippen molar-refractivity contribution in [1.29, 1.82) is 0 Å². The predicted molar refractivity (Wildman–Crippen MR) is 60.2 cm³/mol. The standard InChI is InChI=1S/C9H9FN4O2S/c10-7-2-1-6(11)5-8(7)14-17(15,16)9-3-4-12-13-9/h1-5,14H,11H2,(H,12,13). The fourth-order valence-electron chi connectivity index (χ4n) is 1.21. The van der Waals surface area contributed by atoms with Crippen molar-refractivity contribution in [3.63, 3.8) is 0 Å². The number of nitrogens with one attached hydrogen (secondary N) is 2. The fourth-order valence-corrected chi connectivity index (χ4v) is 2.18. The van der Waals surface area contributed by atoms with Gasteiger partial charge in [-0.3, -0.25) is 9.82 Å². The minimum atomic E-state index is -3.87. The first-order valence-corrected chi connectivity index (χ1v) is 6.04. The van der Waals surface area contributed by atoms with Crippen LogP contribution in [-0.2, 0) is 10.0 Å². The molecule has 6 nitrogen and oxygen atoms in total. The highest BCUT2D eigenvalue weighted by Gasteiger charge is 2.17. The third-order valence-electron chi connectivity index (χ3n) is 2.00. The lowest BCUT2D eigenvalue weighted by molar-refractivity contribution is 0.594. The maximum atomic E-state index is 13.3. The number of aromatic amines is 1. The lowest BCUT2D eigenvalue weighted by Crippen LogP contribution is -2.14. The van der Waals surface area contributed by atoms with Gasteiger partial charge in [-0.25, -0.2) is 4.39 Å². The van der Waals surface area contributed by atoms with Crippen LogP contribution in [0.2, 0.25) is 0 Å². The van der Waals surface area contributed by atoms with Crippen LogP contribution in [0, 0.1) is 5.82 Å². The van der Waals surface area contributed by atoms with Crippen molar-refractivity contribution in [3.8, 4) is 0 Å². The van der Waals surface area contributed by atoms with Gasteiger partial charge in [0.15, 0.2) is 5.03 Å². The van der Waals surface area contributed by atoms with Crippen LogP contribution < -0.4 is 10.5 Å². The Morgan fingerprint density at radius 3 is 2.76 bits per heavy atom. The van der Waals surface area contributed by atoms with Crippen molar-refractivity contribution in [2.24, 2.45) is 0 Å². The van der Waals surface area contributed by atoms with E-state index in [9.17, 15) is 12.8 Å². The zero-order valence-corrected chi connectivity index (χ0v) is 9.33. The van der Waals surface area contributed by atoms with Crippen molar-refractivity contribution >= 4 is 21.4 Å². The van der Waals surface area contributed by atoms with E-state index in [2.05, 4.69) is 14.9 Å². The summed E-state index contributed by atoms with van der Waals surface area (Å²) in [7, 11) is -3.87. The molecule has 0 bridgehead atoms. The largest absolute Gasteiger partial charge is 0.399 e. The molecular weight excluding hydrogens is 247 g/mol. The van der Waals surface area contributed by atoms with E-state index >= 15 is 0 Å². The monoisotopic (exact) mass is 256 g/mol. The second-order valence-electron chi connectivity index (χ2n) is 3.27. The van der Waals surface area contributed by atoms with Crippen molar-refractivity contribution in [2.75, 3.05) is 10.5 Å². The maximum Gasteiger partial charge on any atom is 0.278 e. The smallest absolute Gasteiger partial charge is 0.278 e. The van der Waals surface area contributed by atoms with Gasteiger partial charge in [-0.1, -0.05) is 0 Å². The molecule has 90 valence electrons. The van der Waals surface area contributed by atoms with Crippen LogP contribution in [0.5, 0.6) is 0 Å². The molecule has 2 aromatic rings. The van der Waals surface area contributed by atoms with E-state index in [-0.39, 0.29) is 16.4 Å². The predicted octanol–water partition coefficient (Wildman–Crippen LogP) is 0.932. The summed E-state index contributed by atoms with van der Waals surface area (Å²) in [6.07, 6.45) is 1.28. The van der Waals surface area contributed by atoms with E-state index in [1.54, 1.807) is 0 Å². The van der Waals surface area contributed by atoms with Gasteiger partial charge < -0.3 is 5.73 Å². The molecule has 2 rings (SSSR count). The van der Waals surface area contributed by atoms with Gasteiger partial charge in [-0.15, -0.1) is 0 Å². The highest BCUT2D eigenvalue weighted by atomic mass is 32.2. The molecule has 0 radical (unpaired) electrons. The number of H-pyrrole nitrogens is 1. The number of nitrogens with zero attached hydrogens (tertiary/aromatic N) is 1. The molecule has 0 fully saturated rings. The summed E-state index contributed by atoms with van der Waals surface area (Å²) in [6.45, 7) is 0. The molecule has 0 aliphatic heterocycles. The average molecular weight is 256 g/mol. The Bertz CT molecular complexity index is 624. The first-order chi connectivity index (χ1) is 7.99. The van der Waals surface area contributed by atoms with E-state index in [0.29, 0.717) is 0 Å². The Morgan fingerprint density at radius 1 is 1.35 bits per heavy atom. The van der Waals surface area contributed by atoms with Crippen molar-refractivity contribution in [3.05, 3.63) is 36.3 Å². The molecule has 0 spiro atoms. The first-order valence-electron chi connectivity index (χ1n) is 4.56. The fraction of sp³-hybridized carbons (Fsp3) is 0. The molecule has 8 heteroatoms.